The predicted octanol–water partition coefficient (Wildman–Crippen LogP) is 0.871. The summed E-state index contributed by atoms with van der Waals surface area (Å²) >= 11 is 3.49. The maximum atomic E-state index is 10.2. The zero-order valence-electron chi connectivity index (χ0n) is 4.46. The van der Waals surface area contributed by atoms with E-state index in [0.717, 1.165) is 0 Å². The van der Waals surface area contributed by atoms with Crippen LogP contribution in [0, 0.1) is 0 Å². The van der Waals surface area contributed by atoms with E-state index in [4.69, 9.17) is 0 Å². The van der Waals surface area contributed by atoms with Gasteiger partial charge in [-0.05, 0) is 0 Å². The maximum absolute atomic E-state index is 10.2. The number of hydrogen-bond donors (Lipinski definition) is 3. The zero-order valence-corrected chi connectivity index (χ0v) is 5.35. The number of amides is 1. The summed E-state index contributed by atoms with van der Waals surface area (Å²) < 4.78 is 0. The average Bonchev–Trinajstić information content (AvgIpc) is 2.15. The van der Waals surface area contributed by atoms with Crippen LogP contribution in [-0.2, 0) is 0 Å². The number of carbonyl (C=O) groups is 1. The molecule has 4 nitrogen and oxygen atoms in total. The third-order valence-electron chi connectivity index (χ3n) is 0.742. The normalized spacial score (nSPS) is 9.00. The summed E-state index contributed by atoms with van der Waals surface area (Å²) in [6.07, 6.45) is 1.54. The molecule has 9 heavy (non-hydrogen) atoms. The molecule has 1 aromatic heterocycles. The number of hydrogen-bond acceptors (Lipinski definition) is 2. The van der Waals surface area contributed by atoms with E-state index in [2.05, 4.69) is 28.1 Å². The Hall–Kier alpha value is -0.970. The third kappa shape index (κ3) is 1.77. The Labute approximate surface area is 57.1 Å². The third-order valence-corrected chi connectivity index (χ3v) is 0.854. The summed E-state index contributed by atoms with van der Waals surface area (Å²) in [5.74, 6) is 0.551. The molecule has 1 heterocycles. The Morgan fingerprint density at radius 3 is 3.11 bits per heavy atom. The van der Waals surface area contributed by atoms with E-state index in [0.29, 0.717) is 5.82 Å². The molecule has 0 saturated carbocycles. The average molecular weight is 143 g/mol. The molecule has 0 unspecified atom stereocenters. The van der Waals surface area contributed by atoms with Crippen LogP contribution in [0.2, 0.25) is 0 Å². The lowest BCUT2D eigenvalue weighted by Crippen LogP contribution is -2.00. The fraction of sp³-hybridized carbons (Fsp3) is 0. The fourth-order valence-electron chi connectivity index (χ4n) is 0.441. The number of aromatic nitrogens is 2. The lowest BCUT2D eigenvalue weighted by atomic mass is 10.6. The number of aromatic amines is 1. The molecule has 0 radical (unpaired) electrons. The second-order valence-electron chi connectivity index (χ2n) is 1.40. The van der Waals surface area contributed by atoms with Gasteiger partial charge in [-0.25, -0.2) is 0 Å². The van der Waals surface area contributed by atoms with Crippen molar-refractivity contribution in [3.8, 4) is 0 Å². The van der Waals surface area contributed by atoms with Gasteiger partial charge in [-0.3, -0.25) is 9.89 Å². The number of rotatable bonds is 1. The molecule has 1 amide bonds. The van der Waals surface area contributed by atoms with Crippen molar-refractivity contribution in [1.82, 2.24) is 10.2 Å². The number of anilines is 1. The molecule has 0 atom stereocenters. The fourth-order valence-corrected chi connectivity index (χ4v) is 0.561. The van der Waals surface area contributed by atoms with Crippen molar-refractivity contribution in [1.29, 1.82) is 0 Å². The minimum atomic E-state index is -0.403. The van der Waals surface area contributed by atoms with E-state index >= 15 is 0 Å². The summed E-state index contributed by atoms with van der Waals surface area (Å²) in [6.45, 7) is 0. The molecule has 0 bridgehead atoms. The van der Waals surface area contributed by atoms with Crippen molar-refractivity contribution in [2.75, 3.05) is 5.32 Å². The summed E-state index contributed by atoms with van der Waals surface area (Å²) in [4.78, 5) is 10.2. The van der Waals surface area contributed by atoms with Crippen molar-refractivity contribution >= 4 is 23.7 Å². The number of nitrogens with one attached hydrogen (secondary N) is 2. The van der Waals surface area contributed by atoms with Gasteiger partial charge < -0.3 is 5.32 Å². The zero-order chi connectivity index (χ0) is 6.69. The molecule has 0 aromatic carbocycles. The van der Waals surface area contributed by atoms with Gasteiger partial charge in [0.25, 0.3) is 5.24 Å². The molecule has 0 saturated heterocycles. The van der Waals surface area contributed by atoms with Crippen LogP contribution in [0.5, 0.6) is 0 Å². The highest BCUT2D eigenvalue weighted by atomic mass is 32.1. The maximum Gasteiger partial charge on any atom is 0.281 e. The van der Waals surface area contributed by atoms with E-state index in [1.54, 1.807) is 12.3 Å². The van der Waals surface area contributed by atoms with Gasteiger partial charge in [0.05, 0.1) is 6.20 Å². The van der Waals surface area contributed by atoms with Gasteiger partial charge in [0, 0.05) is 6.07 Å². The lowest BCUT2D eigenvalue weighted by Gasteiger charge is -1.91. The summed E-state index contributed by atoms with van der Waals surface area (Å²) in [5, 5.41) is 8.13. The van der Waals surface area contributed by atoms with Crippen molar-refractivity contribution < 1.29 is 4.79 Å². The van der Waals surface area contributed by atoms with Crippen LogP contribution in [0.3, 0.4) is 0 Å². The molecule has 0 fully saturated rings. The van der Waals surface area contributed by atoms with Crippen LogP contribution in [0.1, 0.15) is 0 Å². The Morgan fingerprint density at radius 1 is 1.89 bits per heavy atom. The van der Waals surface area contributed by atoms with E-state index in [1.807, 2.05) is 0 Å². The van der Waals surface area contributed by atoms with Crippen molar-refractivity contribution in [3.63, 3.8) is 0 Å². The number of thiol groups is 1. The SMILES string of the molecule is O=C(S)Nc1ccn[nH]1. The Bertz CT molecular complexity index is 196. The first kappa shape index (κ1) is 6.15. The first-order chi connectivity index (χ1) is 4.29. The lowest BCUT2D eigenvalue weighted by molar-refractivity contribution is 0.270. The van der Waals surface area contributed by atoms with Gasteiger partial charge in [-0.1, -0.05) is 12.6 Å². The van der Waals surface area contributed by atoms with Crippen LogP contribution in [0.4, 0.5) is 10.6 Å². The Kier molecular flexibility index (Phi) is 1.74. The molecule has 0 aliphatic carbocycles. The van der Waals surface area contributed by atoms with E-state index < -0.39 is 5.24 Å². The van der Waals surface area contributed by atoms with Gasteiger partial charge in [0.15, 0.2) is 0 Å². The van der Waals surface area contributed by atoms with Crippen LogP contribution in [0.15, 0.2) is 12.3 Å². The molecular formula is C4H5N3OS. The number of carbonyl (C=O) groups excluding carboxylic acids is 1. The summed E-state index contributed by atoms with van der Waals surface area (Å²) in [7, 11) is 0. The largest absolute Gasteiger partial charge is 0.302 e. The quantitative estimate of drug-likeness (QED) is 0.511. The number of nitrogens with zero attached hydrogens (tertiary/aromatic N) is 1. The number of H-pyrrole nitrogens is 1. The summed E-state index contributed by atoms with van der Waals surface area (Å²) in [5.41, 5.74) is 0. The highest BCUT2D eigenvalue weighted by molar-refractivity contribution is 7.96. The molecule has 1 rings (SSSR count). The first-order valence-electron chi connectivity index (χ1n) is 2.28. The van der Waals surface area contributed by atoms with Crippen LogP contribution >= 0.6 is 12.6 Å². The molecule has 0 spiro atoms. The van der Waals surface area contributed by atoms with E-state index in [1.165, 1.54) is 0 Å². The van der Waals surface area contributed by atoms with Gasteiger partial charge >= 0.3 is 0 Å². The van der Waals surface area contributed by atoms with E-state index in [-0.39, 0.29) is 0 Å². The van der Waals surface area contributed by atoms with E-state index in [9.17, 15) is 4.79 Å². The van der Waals surface area contributed by atoms with Gasteiger partial charge in [0.2, 0.25) is 0 Å². The minimum Gasteiger partial charge on any atom is -0.302 e. The van der Waals surface area contributed by atoms with Gasteiger partial charge in [-0.15, -0.1) is 0 Å². The van der Waals surface area contributed by atoms with Gasteiger partial charge in [-0.2, -0.15) is 5.10 Å². The Balaban J connectivity index is 2.58. The predicted molar refractivity (Wildman–Crippen MR) is 36.6 cm³/mol. The molecule has 48 valence electrons. The molecule has 0 aliphatic heterocycles. The molecule has 2 N–H and O–H groups in total. The molecular weight excluding hydrogens is 138 g/mol. The van der Waals surface area contributed by atoms with Crippen LogP contribution in [-0.4, -0.2) is 15.4 Å². The topological polar surface area (TPSA) is 57.8 Å². The molecule has 1 aromatic rings. The van der Waals surface area contributed by atoms with Crippen molar-refractivity contribution in [2.45, 2.75) is 0 Å². The molecule has 0 aliphatic rings. The smallest absolute Gasteiger partial charge is 0.281 e. The molecule has 5 heteroatoms. The highest BCUT2D eigenvalue weighted by Gasteiger charge is 1.93. The Morgan fingerprint density at radius 2 is 2.67 bits per heavy atom. The summed E-state index contributed by atoms with van der Waals surface area (Å²) in [6, 6.07) is 1.63. The highest BCUT2D eigenvalue weighted by Crippen LogP contribution is 1.98. The first-order valence-corrected chi connectivity index (χ1v) is 2.73. The second kappa shape index (κ2) is 2.54. The monoisotopic (exact) mass is 143 g/mol. The van der Waals surface area contributed by atoms with Crippen molar-refractivity contribution in [3.05, 3.63) is 12.3 Å². The standard InChI is InChI=1S/C4H5N3OS/c8-4(9)6-3-1-2-5-7-3/h1-2H,(H3,5,6,7,8,9). The van der Waals surface area contributed by atoms with Gasteiger partial charge in [0.1, 0.15) is 5.82 Å². The van der Waals surface area contributed by atoms with Crippen molar-refractivity contribution in [2.24, 2.45) is 0 Å². The second-order valence-corrected chi connectivity index (χ2v) is 1.81. The van der Waals surface area contributed by atoms with Crippen LogP contribution in [0.25, 0.3) is 0 Å². The van der Waals surface area contributed by atoms with Crippen LogP contribution < -0.4 is 5.32 Å². The minimum absolute atomic E-state index is 0.403.